The molecule has 0 saturated carbocycles. The van der Waals surface area contributed by atoms with E-state index < -0.39 is 0 Å². The van der Waals surface area contributed by atoms with Crippen LogP contribution >= 0.6 is 0 Å². The number of nitrogens with zero attached hydrogens (tertiary/aromatic N) is 3. The number of hydrogen-bond donors (Lipinski definition) is 0. The van der Waals surface area contributed by atoms with Crippen molar-refractivity contribution in [2.75, 3.05) is 0 Å². The SMILES string of the molecule is C1=CC2=C(CC1)C1(c3ccccc32)c2ccccc2-c2c(-c3nc(-c4ccccc4)nc(-c4cccc(-c5ccccc5)c4)n3)cccc21. The number of hydrogen-bond acceptors (Lipinski definition) is 3. The van der Waals surface area contributed by atoms with Crippen LogP contribution in [0.5, 0.6) is 0 Å². The summed E-state index contributed by atoms with van der Waals surface area (Å²) in [5, 5.41) is 0. The van der Waals surface area contributed by atoms with E-state index in [9.17, 15) is 0 Å². The quantitative estimate of drug-likeness (QED) is 0.195. The van der Waals surface area contributed by atoms with Gasteiger partial charge in [0, 0.05) is 16.7 Å². The molecular formula is C46H31N3. The van der Waals surface area contributed by atoms with E-state index in [1.807, 2.05) is 24.3 Å². The van der Waals surface area contributed by atoms with Crippen LogP contribution in [0.2, 0.25) is 0 Å². The van der Waals surface area contributed by atoms with Gasteiger partial charge in [-0.15, -0.1) is 0 Å². The lowest BCUT2D eigenvalue weighted by atomic mass is 9.68. The summed E-state index contributed by atoms with van der Waals surface area (Å²) in [7, 11) is 0. The van der Waals surface area contributed by atoms with E-state index in [4.69, 9.17) is 15.0 Å². The standard InChI is InChI=1S/C46H31N3/c1-3-15-30(16-4-1)32-19-13-20-33(29-32)44-47-43(31-17-5-2-6-18-31)48-45(49-44)37-24-14-28-41-42(37)36-23-9-12-27-40(36)46(41)38-25-10-7-21-34(38)35-22-8-11-26-39(35)46/h1-10,12-25,27-29H,11,26H2. The number of allylic oxidation sites excluding steroid dienone is 4. The topological polar surface area (TPSA) is 38.7 Å². The Balaban J connectivity index is 1.23. The van der Waals surface area contributed by atoms with Crippen LogP contribution in [0.3, 0.4) is 0 Å². The Morgan fingerprint density at radius 3 is 1.78 bits per heavy atom. The van der Waals surface area contributed by atoms with Crippen LogP contribution in [0.15, 0.2) is 169 Å². The van der Waals surface area contributed by atoms with Crippen LogP contribution in [0.25, 0.3) is 62.0 Å². The average Bonchev–Trinajstić information content (AvgIpc) is 3.66. The third-order valence-corrected chi connectivity index (χ3v) is 10.4. The van der Waals surface area contributed by atoms with Gasteiger partial charge in [0.2, 0.25) is 0 Å². The Hall–Kier alpha value is -6.19. The number of aromatic nitrogens is 3. The zero-order valence-corrected chi connectivity index (χ0v) is 26.8. The molecule has 3 aliphatic carbocycles. The fourth-order valence-corrected chi connectivity index (χ4v) is 8.45. The largest absolute Gasteiger partial charge is 0.208 e. The molecule has 0 fully saturated rings. The number of rotatable bonds is 4. The summed E-state index contributed by atoms with van der Waals surface area (Å²) >= 11 is 0. The van der Waals surface area contributed by atoms with Gasteiger partial charge >= 0.3 is 0 Å². The number of fused-ring (bicyclic) bond motifs is 9. The molecule has 0 bridgehead atoms. The monoisotopic (exact) mass is 625 g/mol. The predicted octanol–water partition coefficient (Wildman–Crippen LogP) is 11.0. The molecule has 7 aromatic rings. The van der Waals surface area contributed by atoms with Gasteiger partial charge in [0.25, 0.3) is 0 Å². The summed E-state index contributed by atoms with van der Waals surface area (Å²) < 4.78 is 0. The van der Waals surface area contributed by atoms with Gasteiger partial charge in [0.1, 0.15) is 0 Å². The molecule has 0 N–H and O–H groups in total. The van der Waals surface area contributed by atoms with Crippen molar-refractivity contribution in [1.29, 1.82) is 0 Å². The highest BCUT2D eigenvalue weighted by Crippen LogP contribution is 2.64. The van der Waals surface area contributed by atoms with Crippen LogP contribution in [0, 0.1) is 0 Å². The Morgan fingerprint density at radius 2 is 0.980 bits per heavy atom. The zero-order chi connectivity index (χ0) is 32.4. The van der Waals surface area contributed by atoms with E-state index in [0.717, 1.165) is 40.7 Å². The van der Waals surface area contributed by atoms with E-state index in [1.165, 1.54) is 44.5 Å². The Bertz CT molecular complexity index is 2490. The molecular weight excluding hydrogens is 595 g/mol. The van der Waals surface area contributed by atoms with E-state index in [-0.39, 0.29) is 5.41 Å². The molecule has 1 spiro atoms. The minimum Gasteiger partial charge on any atom is -0.208 e. The highest BCUT2D eigenvalue weighted by molar-refractivity contribution is 6.00. The van der Waals surface area contributed by atoms with Gasteiger partial charge in [-0.05, 0) is 74.6 Å². The van der Waals surface area contributed by atoms with Crippen molar-refractivity contribution in [3.05, 3.63) is 192 Å². The normalized spacial score (nSPS) is 16.7. The second-order valence-corrected chi connectivity index (χ2v) is 13.0. The Labute approximate surface area is 286 Å². The summed E-state index contributed by atoms with van der Waals surface area (Å²) in [4.78, 5) is 15.6. The molecule has 3 nitrogen and oxygen atoms in total. The molecule has 49 heavy (non-hydrogen) atoms. The van der Waals surface area contributed by atoms with E-state index >= 15 is 0 Å². The predicted molar refractivity (Wildman–Crippen MR) is 199 cm³/mol. The first kappa shape index (κ1) is 27.9. The highest BCUT2D eigenvalue weighted by atomic mass is 15.0. The van der Waals surface area contributed by atoms with Gasteiger partial charge in [-0.3, -0.25) is 0 Å². The summed E-state index contributed by atoms with van der Waals surface area (Å²) in [5.74, 6) is 2.01. The van der Waals surface area contributed by atoms with Gasteiger partial charge in [-0.25, -0.2) is 15.0 Å². The van der Waals surface area contributed by atoms with Crippen LogP contribution < -0.4 is 0 Å². The molecule has 0 saturated heterocycles. The molecule has 0 radical (unpaired) electrons. The van der Waals surface area contributed by atoms with Gasteiger partial charge < -0.3 is 0 Å². The summed E-state index contributed by atoms with van der Waals surface area (Å²) in [6.07, 6.45) is 6.76. The third kappa shape index (κ3) is 4.12. The van der Waals surface area contributed by atoms with E-state index in [2.05, 4.69) is 140 Å². The van der Waals surface area contributed by atoms with E-state index in [1.54, 1.807) is 0 Å². The van der Waals surface area contributed by atoms with Crippen molar-refractivity contribution in [2.45, 2.75) is 18.3 Å². The van der Waals surface area contributed by atoms with Crippen molar-refractivity contribution < 1.29 is 0 Å². The molecule has 0 amide bonds. The average molecular weight is 626 g/mol. The summed E-state index contributed by atoms with van der Waals surface area (Å²) in [6, 6.07) is 54.0. The minimum atomic E-state index is -0.346. The van der Waals surface area contributed by atoms with Crippen molar-refractivity contribution >= 4 is 5.57 Å². The van der Waals surface area contributed by atoms with Gasteiger partial charge in [-0.2, -0.15) is 0 Å². The molecule has 1 unspecified atom stereocenters. The summed E-state index contributed by atoms with van der Waals surface area (Å²) in [6.45, 7) is 0. The van der Waals surface area contributed by atoms with Gasteiger partial charge in [0.15, 0.2) is 17.5 Å². The first-order valence-corrected chi connectivity index (χ1v) is 17.0. The Kier molecular flexibility index (Phi) is 6.22. The smallest absolute Gasteiger partial charge is 0.164 e. The van der Waals surface area contributed by atoms with Crippen molar-refractivity contribution in [1.82, 2.24) is 15.0 Å². The maximum atomic E-state index is 5.28. The van der Waals surface area contributed by atoms with Gasteiger partial charge in [-0.1, -0.05) is 158 Å². The lowest BCUT2D eigenvalue weighted by Gasteiger charge is -2.33. The van der Waals surface area contributed by atoms with Gasteiger partial charge in [0.05, 0.1) is 5.41 Å². The van der Waals surface area contributed by atoms with Crippen molar-refractivity contribution in [2.24, 2.45) is 0 Å². The first-order valence-electron chi connectivity index (χ1n) is 17.0. The van der Waals surface area contributed by atoms with Crippen molar-refractivity contribution in [3.8, 4) is 56.4 Å². The summed E-state index contributed by atoms with van der Waals surface area (Å²) in [5.41, 5.74) is 15.6. The van der Waals surface area contributed by atoms with E-state index in [0.29, 0.717) is 17.5 Å². The van der Waals surface area contributed by atoms with Crippen LogP contribution in [0.4, 0.5) is 0 Å². The second kappa shape index (κ2) is 10.9. The fraction of sp³-hybridized carbons (Fsp3) is 0.0652. The molecule has 3 aliphatic rings. The molecule has 1 heterocycles. The number of benzene rings is 6. The lowest BCUT2D eigenvalue weighted by molar-refractivity contribution is 0.714. The van der Waals surface area contributed by atoms with Crippen LogP contribution in [-0.2, 0) is 5.41 Å². The first-order chi connectivity index (χ1) is 24.3. The zero-order valence-electron chi connectivity index (χ0n) is 26.8. The molecule has 10 rings (SSSR count). The molecule has 6 aromatic carbocycles. The fourth-order valence-electron chi connectivity index (χ4n) is 8.45. The molecule has 1 aromatic heterocycles. The highest BCUT2D eigenvalue weighted by Gasteiger charge is 2.53. The van der Waals surface area contributed by atoms with Crippen molar-refractivity contribution in [3.63, 3.8) is 0 Å². The maximum absolute atomic E-state index is 5.28. The lowest BCUT2D eigenvalue weighted by Crippen LogP contribution is -2.27. The molecule has 230 valence electrons. The minimum absolute atomic E-state index is 0.346. The molecule has 1 atom stereocenters. The maximum Gasteiger partial charge on any atom is 0.164 e. The molecule has 0 aliphatic heterocycles. The second-order valence-electron chi connectivity index (χ2n) is 13.0. The van der Waals surface area contributed by atoms with Crippen LogP contribution in [0.1, 0.15) is 35.1 Å². The van der Waals surface area contributed by atoms with Crippen LogP contribution in [-0.4, -0.2) is 15.0 Å². The molecule has 3 heteroatoms. The Morgan fingerprint density at radius 1 is 0.429 bits per heavy atom. The third-order valence-electron chi connectivity index (χ3n) is 10.4.